The molecule has 0 spiro atoms. The van der Waals surface area contributed by atoms with Gasteiger partial charge in [-0.3, -0.25) is 43.3 Å². The van der Waals surface area contributed by atoms with E-state index in [9.17, 15) is 65.1 Å². The van der Waals surface area contributed by atoms with Gasteiger partial charge in [0.2, 0.25) is 59.3 Å². The summed E-state index contributed by atoms with van der Waals surface area (Å²) in [5.74, 6) is -15.4. The van der Waals surface area contributed by atoms with Gasteiger partial charge in [0.25, 0.3) is 0 Å². The van der Waals surface area contributed by atoms with Crippen LogP contribution in [0.5, 0.6) is 40.2 Å². The summed E-state index contributed by atoms with van der Waals surface area (Å²) in [6.07, 6.45) is -12.5. The third-order valence-corrected chi connectivity index (χ3v) is 18.0. The molecule has 1 saturated heterocycles. The second-order valence-electron chi connectivity index (χ2n) is 27.1. The number of hydrogen-bond acceptors (Lipinski definition) is 23. The third kappa shape index (κ3) is 16.3. The minimum atomic E-state index is -2.30. The van der Waals surface area contributed by atoms with Crippen LogP contribution in [0.25, 0.3) is 11.1 Å². The lowest BCUT2D eigenvalue weighted by Crippen LogP contribution is -2.60. The molecule has 8 aliphatic rings. The minimum absolute atomic E-state index is 0.0256. The lowest BCUT2D eigenvalue weighted by Gasteiger charge is -2.40. The number of primary amides is 1. The van der Waals surface area contributed by atoms with Gasteiger partial charge >= 0.3 is 6.09 Å². The van der Waals surface area contributed by atoms with Gasteiger partial charge in [0.1, 0.15) is 107 Å². The molecule has 0 radical (unpaired) electrons. The van der Waals surface area contributed by atoms with Crippen LogP contribution in [0, 0.1) is 18.8 Å². The van der Waals surface area contributed by atoms with E-state index in [1.54, 1.807) is 34.6 Å². The van der Waals surface area contributed by atoms with Gasteiger partial charge in [-0.1, -0.05) is 43.7 Å². The number of fused-ring (bicyclic) bond motifs is 14. The molecule has 542 valence electrons. The topological polar surface area (TPSA) is 495 Å². The average Bonchev–Trinajstić information content (AvgIpc) is 1.68. The van der Waals surface area contributed by atoms with Crippen molar-refractivity contribution in [3.63, 3.8) is 0 Å². The van der Waals surface area contributed by atoms with Gasteiger partial charge < -0.3 is 113 Å². The van der Waals surface area contributed by atoms with Crippen LogP contribution in [-0.2, 0) is 47.8 Å². The fraction of sp³-hybridized carbons (Fsp3) is 0.456. The van der Waals surface area contributed by atoms with Gasteiger partial charge in [0.15, 0.2) is 11.5 Å². The van der Waals surface area contributed by atoms with Crippen molar-refractivity contribution in [2.45, 2.75) is 170 Å². The first kappa shape index (κ1) is 73.9. The summed E-state index contributed by atoms with van der Waals surface area (Å²) >= 11 is 7.07. The van der Waals surface area contributed by atoms with Crippen LogP contribution >= 0.6 is 11.6 Å². The molecule has 33 heteroatoms. The molecule has 0 aromatic heterocycles. The molecule has 32 nitrogen and oxygen atoms in total. The zero-order valence-corrected chi connectivity index (χ0v) is 56.4. The highest BCUT2D eigenvalue weighted by Gasteiger charge is 2.48. The Kier molecular flexibility index (Phi) is 21.8. The van der Waals surface area contributed by atoms with Gasteiger partial charge in [-0.15, -0.1) is 0 Å². The van der Waals surface area contributed by atoms with Crippen molar-refractivity contribution in [1.29, 1.82) is 0 Å². The van der Waals surface area contributed by atoms with E-state index in [0.717, 1.165) is 47.4 Å². The van der Waals surface area contributed by atoms with Gasteiger partial charge in [0, 0.05) is 36.2 Å². The summed E-state index contributed by atoms with van der Waals surface area (Å²) in [4.78, 5) is 134. The molecular formula is C68H80ClN9O23. The van der Waals surface area contributed by atoms with E-state index in [0.29, 0.717) is 12.8 Å². The summed E-state index contributed by atoms with van der Waals surface area (Å²) in [6.45, 7) is 8.85. The Balaban J connectivity index is 1.19. The molecular weight excluding hydrogens is 1350 g/mol. The minimum Gasteiger partial charge on any atom is -0.508 e. The van der Waals surface area contributed by atoms with Crippen molar-refractivity contribution >= 4 is 65.0 Å². The number of aryl methyl sites for hydroxylation is 1. The standard InChI is InChI=1S/C68H80ClN9O23/c1-26(2)16-38(78(7)67(96)101-68(4,5)6)60(90)76-51-53(84)29-9-14-41(27(3)17-29)97-43-20-31-21-44(58(43)100-66-57(88)56(87)55(86)45(25-79)99-66)98-42-15-10-30(19-36(42)69)54(85)52-65(95)75-50(63(93)71-32-11-12-32)35-22-33(80)23-40(82)47(35)34-18-28(8-13-39(34)81)48(61(91)77-52)74-62(92)49(31)73-59(89)37(24-46(70)83)72-64(51)94/h8-9,13-15,17-23,26,30,32,37-38,45,48-57,66,79-82,84-88H,10-12,16,24-25H2,1-7H3,(H2,70,83)(H,71,93)(H,72,94)(H,73,89)(H,74,92)(H,75,95)(H,76,90)(H,77,91)/t30-,37-,38+,45+,48+,49+,50-,51+,52-,53+,54+,55+,56-,57+,66-/m0/s1. The fourth-order valence-corrected chi connectivity index (χ4v) is 12.5. The number of phenols is 3. The second kappa shape index (κ2) is 29.8. The van der Waals surface area contributed by atoms with E-state index in [-0.39, 0.29) is 74.7 Å². The van der Waals surface area contributed by atoms with Crippen molar-refractivity contribution < 1.29 is 113 Å². The van der Waals surface area contributed by atoms with Gasteiger partial charge in [-0.05, 0) is 136 Å². The highest BCUT2D eigenvalue weighted by atomic mass is 35.5. The Morgan fingerprint density at radius 3 is 2.05 bits per heavy atom. The number of aliphatic hydroxyl groups excluding tert-OH is 6. The SMILES string of the molecule is Cc1cc2ccc1Oc1cc3cc(c1O[C@@H]1O[C@H](CO)[C@@H](O)[C@H](O)[C@H]1O)OC1=CC[C@@H](C=C1Cl)[C@@H](O)[C@@H]1NC(=O)[C@H](NC(=O)[C@@H]3NC(=O)[C@H](CC(N)=O)NC(=O)[C@H](NC(=O)[C@@H](CC(C)C)N(C)C(=O)OC(C)(C)C)[C@@H]2O)c2ccc(O)c(c2)-c2c(O)cc(O)cc2[C@@H](C(=O)NC2CC2)NC1=O. The summed E-state index contributed by atoms with van der Waals surface area (Å²) in [5.41, 5.74) is 3.08. The zero-order valence-electron chi connectivity index (χ0n) is 55.6. The molecule has 9 amide bonds. The maximum atomic E-state index is 16.0. The van der Waals surface area contributed by atoms with Crippen LogP contribution in [0.1, 0.15) is 119 Å². The number of hydrogen-bond donors (Lipinski definition) is 17. The fourth-order valence-electron chi connectivity index (χ4n) is 12.3. The molecule has 4 aromatic rings. The first-order valence-corrected chi connectivity index (χ1v) is 32.8. The van der Waals surface area contributed by atoms with Crippen molar-refractivity contribution in [1.82, 2.24) is 42.1 Å². The molecule has 2 aliphatic carbocycles. The smallest absolute Gasteiger partial charge is 0.410 e. The summed E-state index contributed by atoms with van der Waals surface area (Å²) in [5, 5.41) is 121. The number of nitrogens with one attached hydrogen (secondary N) is 7. The number of rotatable bonds is 12. The Morgan fingerprint density at radius 2 is 1.41 bits per heavy atom. The molecule has 1 saturated carbocycles. The quantitative estimate of drug-likeness (QED) is 0.0926. The van der Waals surface area contributed by atoms with Crippen molar-refractivity contribution in [3.8, 4) is 51.4 Å². The number of amides is 9. The molecule has 2 fully saturated rings. The van der Waals surface area contributed by atoms with Crippen LogP contribution in [0.2, 0.25) is 0 Å². The van der Waals surface area contributed by atoms with Crippen LogP contribution in [0.3, 0.4) is 0 Å². The van der Waals surface area contributed by atoms with Gasteiger partial charge in [-0.2, -0.15) is 0 Å². The maximum Gasteiger partial charge on any atom is 0.410 e. The van der Waals surface area contributed by atoms with Crippen LogP contribution in [-0.4, -0.2) is 190 Å². The molecule has 12 rings (SSSR count). The molecule has 15 atom stereocenters. The van der Waals surface area contributed by atoms with E-state index in [2.05, 4.69) is 37.2 Å². The van der Waals surface area contributed by atoms with Gasteiger partial charge in [-0.25, -0.2) is 4.79 Å². The predicted octanol–water partition coefficient (Wildman–Crippen LogP) is 0.652. The van der Waals surface area contributed by atoms with E-state index in [4.69, 9.17) is 41.0 Å². The largest absolute Gasteiger partial charge is 0.508 e. The van der Waals surface area contributed by atoms with Crippen molar-refractivity contribution in [2.24, 2.45) is 17.6 Å². The highest BCUT2D eigenvalue weighted by molar-refractivity contribution is 6.31. The number of ether oxygens (including phenoxy) is 5. The summed E-state index contributed by atoms with van der Waals surface area (Å²) in [7, 11) is 1.29. The van der Waals surface area contributed by atoms with Crippen LogP contribution in [0.4, 0.5) is 4.79 Å². The van der Waals surface area contributed by atoms with E-state index in [1.807, 2.05) is 0 Å². The molecule has 4 aromatic carbocycles. The van der Waals surface area contributed by atoms with Crippen molar-refractivity contribution in [2.75, 3.05) is 13.7 Å². The number of aromatic hydroxyl groups is 3. The number of benzene rings is 4. The molecule has 6 heterocycles. The first-order valence-electron chi connectivity index (χ1n) is 32.4. The maximum absolute atomic E-state index is 16.0. The molecule has 0 unspecified atom stereocenters. The number of phenolic OH excluding ortho intramolecular Hbond substituents is 3. The molecule has 11 bridgehead atoms. The molecule has 6 aliphatic heterocycles. The predicted molar refractivity (Wildman–Crippen MR) is 351 cm³/mol. The third-order valence-electron chi connectivity index (χ3n) is 17.7. The number of halogens is 1. The number of carbonyl (C=O) groups excluding carboxylic acids is 9. The molecule has 101 heavy (non-hydrogen) atoms. The lowest BCUT2D eigenvalue weighted by molar-refractivity contribution is -0.277. The Morgan fingerprint density at radius 1 is 0.743 bits per heavy atom. The Hall–Kier alpha value is -9.80. The number of carbonyl (C=O) groups is 9. The number of nitrogens with zero attached hydrogens (tertiary/aromatic N) is 1. The van der Waals surface area contributed by atoms with Crippen LogP contribution < -0.4 is 57.2 Å². The van der Waals surface area contributed by atoms with Gasteiger partial charge in [0.05, 0.1) is 24.2 Å². The zero-order chi connectivity index (χ0) is 73.5. The number of aliphatic hydroxyl groups is 6. The second-order valence-corrected chi connectivity index (χ2v) is 27.5. The van der Waals surface area contributed by atoms with E-state index in [1.165, 1.54) is 44.3 Å². The van der Waals surface area contributed by atoms with E-state index < -0.39 is 203 Å². The van der Waals surface area contributed by atoms with Crippen molar-refractivity contribution in [3.05, 3.63) is 111 Å². The number of allylic oxidation sites excluding steroid dienone is 2. The average molecular weight is 1430 g/mol. The Labute approximate surface area is 582 Å². The highest BCUT2D eigenvalue weighted by Crippen LogP contribution is 2.48. The number of nitrogens with two attached hydrogens (primary N) is 1. The first-order chi connectivity index (χ1) is 47.6. The number of likely N-dealkylation sites (N-methyl/N-ethyl adjacent to an activating group) is 1. The summed E-state index contributed by atoms with van der Waals surface area (Å²) in [6, 6.07) is -3.18. The summed E-state index contributed by atoms with van der Waals surface area (Å²) < 4.78 is 30.9. The molecule has 18 N–H and O–H groups in total. The monoisotopic (exact) mass is 1430 g/mol. The normalized spacial score (nSPS) is 27.2. The van der Waals surface area contributed by atoms with Crippen LogP contribution in [0.15, 0.2) is 83.6 Å². The lowest BCUT2D eigenvalue weighted by atomic mass is 9.87. The Bertz CT molecular complexity index is 4020. The van der Waals surface area contributed by atoms with E-state index >= 15 is 24.0 Å².